The van der Waals surface area contributed by atoms with Gasteiger partial charge >= 0.3 is 12.4 Å². The number of aromatic nitrogens is 3. The van der Waals surface area contributed by atoms with Gasteiger partial charge in [0, 0.05) is 13.1 Å². The Bertz CT molecular complexity index is 1610. The second kappa shape index (κ2) is 11.3. The zero-order valence-corrected chi connectivity index (χ0v) is 22.4. The van der Waals surface area contributed by atoms with Gasteiger partial charge in [0.25, 0.3) is 17.7 Å². The first kappa shape index (κ1) is 30.0. The number of hydrogen-bond donors (Lipinski definition) is 2. The van der Waals surface area contributed by atoms with Crippen molar-refractivity contribution in [1.29, 1.82) is 0 Å². The van der Waals surface area contributed by atoms with Crippen molar-refractivity contribution in [2.24, 2.45) is 0 Å². The lowest BCUT2D eigenvalue weighted by molar-refractivity contribution is -0.277. The standard InChI is InChI=1S/C29H25F6N5O3/c30-28(31,32)20-15-21(36)23-24-38-39-26(43-24)27(42,29(33,34)35)13-5-2-6-14-40(25(41)22(20)37-23)16-17-9-11-19(12-10-17)18-7-3-1-4-8-18/h1,3-4,7-12,15,42H,2,5-6,13-14,16,36H2/t27-/m1/s1. The van der Waals surface area contributed by atoms with E-state index in [-0.39, 0.29) is 32.4 Å². The summed E-state index contributed by atoms with van der Waals surface area (Å²) in [6, 6.07) is 17.0. The molecular weight excluding hydrogens is 580 g/mol. The molecule has 0 spiro atoms. The van der Waals surface area contributed by atoms with Crippen molar-refractivity contribution >= 4 is 11.6 Å². The Morgan fingerprint density at radius 2 is 1.58 bits per heavy atom. The fourth-order valence-electron chi connectivity index (χ4n) is 4.85. The van der Waals surface area contributed by atoms with Gasteiger partial charge in [0.05, 0.1) is 11.3 Å². The van der Waals surface area contributed by atoms with Gasteiger partial charge in [-0.25, -0.2) is 4.98 Å². The van der Waals surface area contributed by atoms with Gasteiger partial charge in [0.2, 0.25) is 5.60 Å². The molecule has 0 aliphatic carbocycles. The minimum atomic E-state index is -5.20. The Morgan fingerprint density at radius 3 is 2.23 bits per heavy atom. The number of anilines is 1. The van der Waals surface area contributed by atoms with Gasteiger partial charge in [-0.2, -0.15) is 26.3 Å². The zero-order valence-electron chi connectivity index (χ0n) is 22.4. The molecule has 3 heterocycles. The van der Waals surface area contributed by atoms with Gasteiger partial charge < -0.3 is 20.2 Å². The van der Waals surface area contributed by atoms with Crippen LogP contribution in [0.5, 0.6) is 0 Å². The summed E-state index contributed by atoms with van der Waals surface area (Å²) >= 11 is 0. The summed E-state index contributed by atoms with van der Waals surface area (Å²) in [5.74, 6) is -3.05. The lowest BCUT2D eigenvalue weighted by atomic mass is 9.95. The number of nitrogen functional groups attached to an aromatic ring is 1. The van der Waals surface area contributed by atoms with Crippen molar-refractivity contribution in [2.45, 2.75) is 50.2 Å². The molecule has 8 nitrogen and oxygen atoms in total. The van der Waals surface area contributed by atoms with E-state index in [1.54, 1.807) is 12.1 Å². The highest BCUT2D eigenvalue weighted by Crippen LogP contribution is 2.43. The number of rotatable bonds is 3. The summed E-state index contributed by atoms with van der Waals surface area (Å²) in [7, 11) is 0. The monoisotopic (exact) mass is 605 g/mol. The summed E-state index contributed by atoms with van der Waals surface area (Å²) in [4.78, 5) is 18.7. The van der Waals surface area contributed by atoms with E-state index < -0.39 is 64.7 Å². The highest BCUT2D eigenvalue weighted by Gasteiger charge is 2.58. The number of carbonyl (C=O) groups excluding carboxylic acids is 1. The minimum Gasteiger partial charge on any atom is -0.416 e. The molecule has 2 aromatic heterocycles. The third-order valence-electron chi connectivity index (χ3n) is 7.20. The SMILES string of the molecule is Nc1cc(C(F)(F)F)c2nc1-c1nnc(o1)[C@@](O)(C(F)(F)F)CCCCCN(Cc1ccc(-c3ccccc3)cc1)C2=O. The number of hydrogen-bond acceptors (Lipinski definition) is 7. The van der Waals surface area contributed by atoms with E-state index in [9.17, 15) is 36.2 Å². The van der Waals surface area contributed by atoms with Crippen molar-refractivity contribution in [2.75, 3.05) is 12.3 Å². The van der Waals surface area contributed by atoms with Crippen molar-refractivity contribution in [3.63, 3.8) is 0 Å². The molecule has 4 aromatic rings. The molecule has 1 atom stereocenters. The van der Waals surface area contributed by atoms with Crippen molar-refractivity contribution in [3.05, 3.63) is 83.4 Å². The zero-order chi connectivity index (χ0) is 31.0. The average molecular weight is 606 g/mol. The number of nitrogens with two attached hydrogens (primary N) is 1. The molecule has 43 heavy (non-hydrogen) atoms. The molecule has 2 aromatic carbocycles. The van der Waals surface area contributed by atoms with E-state index in [2.05, 4.69) is 15.2 Å². The maximum Gasteiger partial charge on any atom is 0.426 e. The predicted molar refractivity (Wildman–Crippen MR) is 142 cm³/mol. The molecule has 1 aliphatic rings. The first-order valence-corrected chi connectivity index (χ1v) is 13.2. The van der Waals surface area contributed by atoms with Crippen LogP contribution >= 0.6 is 0 Å². The number of carbonyl (C=O) groups is 1. The molecule has 0 saturated heterocycles. The Hall–Kier alpha value is -4.46. The number of nitrogens with zero attached hydrogens (tertiary/aromatic N) is 4. The number of alkyl halides is 6. The van der Waals surface area contributed by atoms with Gasteiger partial charge in [-0.3, -0.25) is 4.79 Å². The van der Waals surface area contributed by atoms with Crippen molar-refractivity contribution < 1.29 is 40.7 Å². The Labute approximate surface area is 241 Å². The van der Waals surface area contributed by atoms with E-state index in [4.69, 9.17) is 10.2 Å². The van der Waals surface area contributed by atoms with E-state index >= 15 is 0 Å². The maximum atomic E-state index is 14.1. The van der Waals surface area contributed by atoms with Crippen LogP contribution in [-0.4, -0.2) is 43.8 Å². The normalized spacial score (nSPS) is 18.4. The molecule has 0 fully saturated rings. The lowest BCUT2D eigenvalue weighted by Crippen LogP contribution is -2.42. The van der Waals surface area contributed by atoms with Gasteiger partial charge in [0.1, 0.15) is 5.69 Å². The molecule has 5 rings (SSSR count). The van der Waals surface area contributed by atoms with Crippen LogP contribution in [0.1, 0.15) is 53.2 Å². The number of amides is 1. The van der Waals surface area contributed by atoms with Gasteiger partial charge in [-0.15, -0.1) is 10.2 Å². The second-order valence-corrected chi connectivity index (χ2v) is 10.2. The average Bonchev–Trinajstić information content (AvgIpc) is 3.46. The summed E-state index contributed by atoms with van der Waals surface area (Å²) in [5.41, 5.74) is 0.969. The molecule has 3 N–H and O–H groups in total. The topological polar surface area (TPSA) is 118 Å². The van der Waals surface area contributed by atoms with Crippen molar-refractivity contribution in [3.8, 4) is 22.7 Å². The maximum absolute atomic E-state index is 14.1. The number of aliphatic hydroxyl groups is 1. The van der Waals surface area contributed by atoms with Crippen LogP contribution in [-0.2, 0) is 18.3 Å². The summed E-state index contributed by atoms with van der Waals surface area (Å²) < 4.78 is 89.2. The number of pyridine rings is 1. The summed E-state index contributed by atoms with van der Waals surface area (Å²) in [6.07, 6.45) is -11.0. The second-order valence-electron chi connectivity index (χ2n) is 10.2. The van der Waals surface area contributed by atoms with Crippen LogP contribution in [0, 0.1) is 0 Å². The fourth-order valence-corrected chi connectivity index (χ4v) is 4.85. The smallest absolute Gasteiger partial charge is 0.416 e. The highest BCUT2D eigenvalue weighted by atomic mass is 19.4. The lowest BCUT2D eigenvalue weighted by Gasteiger charge is -2.27. The van der Waals surface area contributed by atoms with Crippen LogP contribution in [0.25, 0.3) is 22.7 Å². The number of benzene rings is 2. The minimum absolute atomic E-state index is 0.0964. The van der Waals surface area contributed by atoms with Gasteiger partial charge in [-0.05, 0) is 42.0 Å². The van der Waals surface area contributed by atoms with E-state index in [0.29, 0.717) is 11.6 Å². The van der Waals surface area contributed by atoms with Crippen LogP contribution in [0.4, 0.5) is 32.0 Å². The first-order valence-electron chi connectivity index (χ1n) is 13.2. The molecule has 1 amide bonds. The summed E-state index contributed by atoms with van der Waals surface area (Å²) in [5, 5.41) is 17.4. The number of fused-ring (bicyclic) bond motifs is 5. The Morgan fingerprint density at radius 1 is 0.907 bits per heavy atom. The highest BCUT2D eigenvalue weighted by molar-refractivity contribution is 5.95. The molecule has 0 saturated carbocycles. The molecule has 0 radical (unpaired) electrons. The fraction of sp³-hybridized carbons (Fsp3) is 0.310. The van der Waals surface area contributed by atoms with Crippen LogP contribution in [0.15, 0.2) is 65.1 Å². The van der Waals surface area contributed by atoms with Crippen LogP contribution < -0.4 is 5.73 Å². The molecule has 226 valence electrons. The molecule has 0 unspecified atom stereocenters. The number of halogens is 6. The van der Waals surface area contributed by atoms with Gasteiger partial charge in [-0.1, -0.05) is 61.0 Å². The Kier molecular flexibility index (Phi) is 7.90. The van der Waals surface area contributed by atoms with E-state index in [1.165, 1.54) is 0 Å². The third-order valence-corrected chi connectivity index (χ3v) is 7.20. The first-order chi connectivity index (χ1) is 20.3. The summed E-state index contributed by atoms with van der Waals surface area (Å²) in [6.45, 7) is -0.204. The van der Waals surface area contributed by atoms with Crippen molar-refractivity contribution in [1.82, 2.24) is 20.1 Å². The quantitative estimate of drug-likeness (QED) is 0.261. The van der Waals surface area contributed by atoms with Crippen LogP contribution in [0.2, 0.25) is 0 Å². The molecular formula is C29H25F6N5O3. The van der Waals surface area contributed by atoms with Crippen LogP contribution in [0.3, 0.4) is 0 Å². The van der Waals surface area contributed by atoms with E-state index in [0.717, 1.165) is 16.0 Å². The molecule has 14 heteroatoms. The van der Waals surface area contributed by atoms with E-state index in [1.807, 2.05) is 42.5 Å². The van der Waals surface area contributed by atoms with Gasteiger partial charge in [0.15, 0.2) is 5.69 Å². The Balaban J connectivity index is 1.57. The largest absolute Gasteiger partial charge is 0.426 e. The predicted octanol–water partition coefficient (Wildman–Crippen LogP) is 6.37. The molecule has 4 bridgehead atoms. The molecule has 1 aliphatic heterocycles. The third kappa shape index (κ3) is 6.05.